The number of nitrogens with zero attached hydrogens (tertiary/aromatic N) is 3. The molecule has 1 aliphatic rings. The zero-order valence-electron chi connectivity index (χ0n) is 12.9. The summed E-state index contributed by atoms with van der Waals surface area (Å²) in [5, 5.41) is 9.96. The molecule has 0 radical (unpaired) electrons. The highest BCUT2D eigenvalue weighted by atomic mass is 35.5. The maximum atomic E-state index is 12.6. The van der Waals surface area contributed by atoms with Gasteiger partial charge in [0.2, 0.25) is 0 Å². The van der Waals surface area contributed by atoms with Gasteiger partial charge in [-0.15, -0.1) is 0 Å². The molecule has 0 saturated carbocycles. The van der Waals surface area contributed by atoms with Gasteiger partial charge >= 0.3 is 0 Å². The average Bonchev–Trinajstić information content (AvgIpc) is 2.54. The summed E-state index contributed by atoms with van der Waals surface area (Å²) in [5.74, 6) is -0.143. The lowest BCUT2D eigenvalue weighted by atomic mass is 10.1. The summed E-state index contributed by atoms with van der Waals surface area (Å²) in [6.45, 7) is 6.66. The molecular weight excluding hydrogens is 325 g/mol. The van der Waals surface area contributed by atoms with E-state index in [1.165, 1.54) is 6.20 Å². The molecule has 7 heteroatoms. The quantitative estimate of drug-likeness (QED) is 0.908. The molecule has 1 atom stereocenters. The van der Waals surface area contributed by atoms with Crippen molar-refractivity contribution >= 4 is 29.1 Å². The van der Waals surface area contributed by atoms with E-state index in [4.69, 9.17) is 23.2 Å². The van der Waals surface area contributed by atoms with Gasteiger partial charge in [-0.3, -0.25) is 14.7 Å². The van der Waals surface area contributed by atoms with Crippen molar-refractivity contribution in [1.82, 2.24) is 14.8 Å². The SMILES string of the molecule is CCC(CO)N1CCN(C(=O)c2cnc(C)c(Cl)c2Cl)CC1. The summed E-state index contributed by atoms with van der Waals surface area (Å²) in [6.07, 6.45) is 2.38. The van der Waals surface area contributed by atoms with Gasteiger partial charge in [-0.25, -0.2) is 0 Å². The van der Waals surface area contributed by atoms with Crippen LogP contribution in [0.3, 0.4) is 0 Å². The molecule has 0 aliphatic carbocycles. The normalized spacial score (nSPS) is 17.6. The van der Waals surface area contributed by atoms with Crippen molar-refractivity contribution < 1.29 is 9.90 Å². The topological polar surface area (TPSA) is 56.7 Å². The largest absolute Gasteiger partial charge is 0.395 e. The molecule has 1 aromatic heterocycles. The molecule has 0 aromatic carbocycles. The summed E-state index contributed by atoms with van der Waals surface area (Å²) >= 11 is 12.2. The minimum Gasteiger partial charge on any atom is -0.395 e. The number of amides is 1. The summed E-state index contributed by atoms with van der Waals surface area (Å²) in [7, 11) is 0. The summed E-state index contributed by atoms with van der Waals surface area (Å²) in [4.78, 5) is 20.7. The zero-order chi connectivity index (χ0) is 16.3. The molecule has 1 unspecified atom stereocenters. The van der Waals surface area contributed by atoms with Gasteiger partial charge in [0.05, 0.1) is 27.9 Å². The Balaban J connectivity index is 2.06. The third-order valence-electron chi connectivity index (χ3n) is 4.16. The average molecular weight is 346 g/mol. The van der Waals surface area contributed by atoms with E-state index in [-0.39, 0.29) is 23.6 Å². The number of aliphatic hydroxyl groups excluding tert-OH is 1. The molecule has 1 amide bonds. The molecule has 1 saturated heterocycles. The Morgan fingerprint density at radius 1 is 1.32 bits per heavy atom. The number of hydrogen-bond donors (Lipinski definition) is 1. The van der Waals surface area contributed by atoms with Crippen LogP contribution in [0.1, 0.15) is 29.4 Å². The van der Waals surface area contributed by atoms with E-state index < -0.39 is 0 Å². The van der Waals surface area contributed by atoms with Crippen LogP contribution in [-0.4, -0.2) is 64.6 Å². The number of halogens is 2. The van der Waals surface area contributed by atoms with E-state index >= 15 is 0 Å². The lowest BCUT2D eigenvalue weighted by molar-refractivity contribution is 0.0472. The Hall–Kier alpha value is -0.880. The van der Waals surface area contributed by atoms with Crippen LogP contribution in [0.4, 0.5) is 0 Å². The monoisotopic (exact) mass is 345 g/mol. The van der Waals surface area contributed by atoms with Gasteiger partial charge < -0.3 is 10.0 Å². The molecule has 1 fully saturated rings. The van der Waals surface area contributed by atoms with Crippen LogP contribution >= 0.6 is 23.2 Å². The highest BCUT2D eigenvalue weighted by molar-refractivity contribution is 6.44. The molecule has 2 heterocycles. The fourth-order valence-corrected chi connectivity index (χ4v) is 3.08. The number of carbonyl (C=O) groups excluding carboxylic acids is 1. The predicted octanol–water partition coefficient (Wildman–Crippen LogP) is 2.23. The van der Waals surface area contributed by atoms with E-state index in [0.717, 1.165) is 19.5 Å². The first kappa shape index (κ1) is 17.5. The number of aromatic nitrogens is 1. The molecule has 0 bridgehead atoms. The van der Waals surface area contributed by atoms with Gasteiger partial charge in [0.15, 0.2) is 0 Å². The summed E-state index contributed by atoms with van der Waals surface area (Å²) < 4.78 is 0. The Morgan fingerprint density at radius 3 is 2.50 bits per heavy atom. The van der Waals surface area contributed by atoms with Gasteiger partial charge in [-0.1, -0.05) is 30.1 Å². The highest BCUT2D eigenvalue weighted by Gasteiger charge is 2.27. The van der Waals surface area contributed by atoms with Crippen LogP contribution in [0.2, 0.25) is 10.0 Å². The number of aliphatic hydroxyl groups is 1. The van der Waals surface area contributed by atoms with Crippen molar-refractivity contribution in [1.29, 1.82) is 0 Å². The number of carbonyl (C=O) groups is 1. The van der Waals surface area contributed by atoms with Crippen molar-refractivity contribution in [3.8, 4) is 0 Å². The second-order valence-corrected chi connectivity index (χ2v) is 6.21. The van der Waals surface area contributed by atoms with Crippen molar-refractivity contribution in [2.45, 2.75) is 26.3 Å². The maximum absolute atomic E-state index is 12.6. The number of aryl methyl sites for hydroxylation is 1. The lowest BCUT2D eigenvalue weighted by Gasteiger charge is -2.38. The molecule has 2 rings (SSSR count). The van der Waals surface area contributed by atoms with Gasteiger partial charge in [0, 0.05) is 38.4 Å². The van der Waals surface area contributed by atoms with Crippen LogP contribution in [0.25, 0.3) is 0 Å². The number of hydrogen-bond acceptors (Lipinski definition) is 4. The Kier molecular flexibility index (Phi) is 6.03. The van der Waals surface area contributed by atoms with Crippen molar-refractivity contribution in [3.05, 3.63) is 27.5 Å². The number of pyridine rings is 1. The van der Waals surface area contributed by atoms with Crippen LogP contribution < -0.4 is 0 Å². The van der Waals surface area contributed by atoms with Crippen LogP contribution in [0.5, 0.6) is 0 Å². The van der Waals surface area contributed by atoms with Crippen LogP contribution in [0.15, 0.2) is 6.20 Å². The van der Waals surface area contributed by atoms with E-state index in [1.54, 1.807) is 11.8 Å². The van der Waals surface area contributed by atoms with Crippen molar-refractivity contribution in [2.24, 2.45) is 0 Å². The molecule has 1 N–H and O–H groups in total. The first-order chi connectivity index (χ1) is 10.5. The van der Waals surface area contributed by atoms with Gasteiger partial charge in [0.1, 0.15) is 0 Å². The number of piperazine rings is 1. The Bertz CT molecular complexity index is 542. The standard InChI is InChI=1S/C15H21Cl2N3O2/c1-3-11(9-21)19-4-6-20(7-5-19)15(22)12-8-18-10(2)13(16)14(12)17/h8,11,21H,3-7,9H2,1-2H3. The smallest absolute Gasteiger partial charge is 0.257 e. The van der Waals surface area contributed by atoms with E-state index in [2.05, 4.69) is 16.8 Å². The molecule has 1 aliphatic heterocycles. The highest BCUT2D eigenvalue weighted by Crippen LogP contribution is 2.28. The van der Waals surface area contributed by atoms with Gasteiger partial charge in [-0.2, -0.15) is 0 Å². The number of rotatable bonds is 4. The molecular formula is C15H21Cl2N3O2. The maximum Gasteiger partial charge on any atom is 0.257 e. The Labute approximate surface area is 140 Å². The van der Waals surface area contributed by atoms with E-state index in [1.807, 2.05) is 0 Å². The second kappa shape index (κ2) is 7.59. The predicted molar refractivity (Wildman–Crippen MR) is 87.6 cm³/mol. The Morgan fingerprint density at radius 2 is 1.95 bits per heavy atom. The van der Waals surface area contributed by atoms with Gasteiger partial charge in [0.25, 0.3) is 5.91 Å². The molecule has 22 heavy (non-hydrogen) atoms. The first-order valence-corrected chi connectivity index (χ1v) is 8.20. The summed E-state index contributed by atoms with van der Waals surface area (Å²) in [5.41, 5.74) is 0.960. The third kappa shape index (κ3) is 3.54. The zero-order valence-corrected chi connectivity index (χ0v) is 14.4. The minimum atomic E-state index is -0.143. The first-order valence-electron chi connectivity index (χ1n) is 7.44. The van der Waals surface area contributed by atoms with E-state index in [0.29, 0.717) is 29.4 Å². The minimum absolute atomic E-state index is 0.143. The third-order valence-corrected chi connectivity index (χ3v) is 5.12. The molecule has 122 valence electrons. The molecule has 1 aromatic rings. The van der Waals surface area contributed by atoms with E-state index in [9.17, 15) is 9.90 Å². The van der Waals surface area contributed by atoms with Crippen molar-refractivity contribution in [2.75, 3.05) is 32.8 Å². The lowest BCUT2D eigenvalue weighted by Crippen LogP contribution is -2.52. The van der Waals surface area contributed by atoms with Gasteiger partial charge in [-0.05, 0) is 13.3 Å². The fraction of sp³-hybridized carbons (Fsp3) is 0.600. The second-order valence-electron chi connectivity index (χ2n) is 5.46. The van der Waals surface area contributed by atoms with Crippen LogP contribution in [0, 0.1) is 6.92 Å². The summed E-state index contributed by atoms with van der Waals surface area (Å²) in [6, 6.07) is 0.163. The molecule has 5 nitrogen and oxygen atoms in total. The fourth-order valence-electron chi connectivity index (χ4n) is 2.66. The molecule has 0 spiro atoms. The van der Waals surface area contributed by atoms with Crippen LogP contribution in [-0.2, 0) is 0 Å². The van der Waals surface area contributed by atoms with Crippen molar-refractivity contribution in [3.63, 3.8) is 0 Å².